The first-order valence-corrected chi connectivity index (χ1v) is 5.07. The minimum absolute atomic E-state index is 0.291. The molecular weight excluding hydrogens is 198 g/mol. The van der Waals surface area contributed by atoms with Crippen LogP contribution in [0.3, 0.4) is 0 Å². The monoisotopic (exact) mass is 217 g/mol. The van der Waals surface area contributed by atoms with Crippen LogP contribution in [0.4, 0.5) is 0 Å². The minimum Gasteiger partial charge on any atom is -0.480 e. The van der Waals surface area contributed by atoms with Gasteiger partial charge in [0.25, 0.3) is 5.91 Å². The molecular formula is C10H19NO4. The molecule has 88 valence electrons. The van der Waals surface area contributed by atoms with Gasteiger partial charge >= 0.3 is 5.97 Å². The summed E-state index contributed by atoms with van der Waals surface area (Å²) in [6, 6.07) is 0. The van der Waals surface area contributed by atoms with E-state index in [1.165, 1.54) is 7.05 Å². The van der Waals surface area contributed by atoms with Gasteiger partial charge in [-0.05, 0) is 13.3 Å². The lowest BCUT2D eigenvalue weighted by Gasteiger charge is -2.19. The number of amides is 1. The highest BCUT2D eigenvalue weighted by Gasteiger charge is 2.19. The zero-order valence-corrected chi connectivity index (χ0v) is 9.52. The highest BCUT2D eigenvalue weighted by atomic mass is 16.5. The number of ether oxygens (including phenoxy) is 1. The fraction of sp³-hybridized carbons (Fsp3) is 0.800. The van der Waals surface area contributed by atoms with E-state index in [0.717, 1.165) is 17.7 Å². The number of aliphatic carboxylic acids is 1. The predicted molar refractivity (Wildman–Crippen MR) is 55.6 cm³/mol. The van der Waals surface area contributed by atoms with Gasteiger partial charge in [0.05, 0.1) is 0 Å². The van der Waals surface area contributed by atoms with Crippen molar-refractivity contribution in [2.24, 2.45) is 0 Å². The van der Waals surface area contributed by atoms with Crippen LogP contribution in [0.25, 0.3) is 0 Å². The molecule has 1 N–H and O–H groups in total. The first-order chi connectivity index (χ1) is 6.99. The van der Waals surface area contributed by atoms with E-state index in [1.807, 2.05) is 6.92 Å². The molecule has 0 heterocycles. The summed E-state index contributed by atoms with van der Waals surface area (Å²) in [6.45, 7) is 3.91. The number of carboxylic acid groups (broad SMARTS) is 1. The quantitative estimate of drug-likeness (QED) is 0.638. The molecule has 0 fully saturated rings. The van der Waals surface area contributed by atoms with Gasteiger partial charge in [-0.25, -0.2) is 0 Å². The molecule has 0 aliphatic rings. The summed E-state index contributed by atoms with van der Waals surface area (Å²) in [4.78, 5) is 23.0. The Morgan fingerprint density at radius 1 is 1.47 bits per heavy atom. The van der Waals surface area contributed by atoms with E-state index >= 15 is 0 Å². The molecule has 0 bridgehead atoms. The number of hydrogen-bond acceptors (Lipinski definition) is 3. The first-order valence-electron chi connectivity index (χ1n) is 5.07. The lowest BCUT2D eigenvalue weighted by Crippen LogP contribution is -2.39. The van der Waals surface area contributed by atoms with Gasteiger partial charge in [-0.2, -0.15) is 0 Å². The van der Waals surface area contributed by atoms with E-state index in [4.69, 9.17) is 9.84 Å². The Kier molecular flexibility index (Phi) is 6.70. The summed E-state index contributed by atoms with van der Waals surface area (Å²) < 4.78 is 5.26. The van der Waals surface area contributed by atoms with Crippen molar-refractivity contribution >= 4 is 11.9 Å². The van der Waals surface area contributed by atoms with Crippen molar-refractivity contribution in [3.05, 3.63) is 0 Å². The molecule has 0 aromatic carbocycles. The van der Waals surface area contributed by atoms with Gasteiger partial charge < -0.3 is 14.7 Å². The summed E-state index contributed by atoms with van der Waals surface area (Å²) >= 11 is 0. The smallest absolute Gasteiger partial charge is 0.323 e. The second kappa shape index (κ2) is 7.23. The van der Waals surface area contributed by atoms with E-state index in [-0.39, 0.29) is 12.5 Å². The van der Waals surface area contributed by atoms with E-state index in [9.17, 15) is 9.59 Å². The number of nitrogens with zero attached hydrogens (tertiary/aromatic N) is 1. The second-order valence-corrected chi connectivity index (χ2v) is 3.45. The zero-order chi connectivity index (χ0) is 11.8. The molecule has 0 aromatic heterocycles. The number of carbonyl (C=O) groups excluding carboxylic acids is 1. The Hall–Kier alpha value is -1.10. The van der Waals surface area contributed by atoms with Crippen LogP contribution < -0.4 is 0 Å². The lowest BCUT2D eigenvalue weighted by molar-refractivity contribution is -0.148. The molecule has 0 radical (unpaired) electrons. The molecule has 0 aromatic rings. The average molecular weight is 217 g/mol. The molecule has 0 saturated heterocycles. The molecule has 5 heteroatoms. The van der Waals surface area contributed by atoms with Crippen molar-refractivity contribution in [3.63, 3.8) is 0 Å². The molecule has 0 aliphatic heterocycles. The summed E-state index contributed by atoms with van der Waals surface area (Å²) in [5.41, 5.74) is 0. The third kappa shape index (κ3) is 6.06. The van der Waals surface area contributed by atoms with Crippen LogP contribution in [-0.4, -0.2) is 48.2 Å². The number of likely N-dealkylation sites (N-methyl/N-ethyl adjacent to an activating group) is 1. The normalized spacial score (nSPS) is 12.2. The molecule has 0 saturated carbocycles. The van der Waals surface area contributed by atoms with Gasteiger partial charge in [-0.3, -0.25) is 9.59 Å². The van der Waals surface area contributed by atoms with Crippen molar-refractivity contribution in [1.29, 1.82) is 0 Å². The Balaban J connectivity index is 3.90. The van der Waals surface area contributed by atoms with Gasteiger partial charge in [0, 0.05) is 13.7 Å². The summed E-state index contributed by atoms with van der Waals surface area (Å²) in [6.07, 6.45) is 1.34. The molecule has 1 atom stereocenters. The van der Waals surface area contributed by atoms with Crippen molar-refractivity contribution in [3.8, 4) is 0 Å². The standard InChI is InChI=1S/C10H19NO4/c1-4-5-6-15-8(2)10(14)11(3)7-9(12)13/h8H,4-7H2,1-3H3,(H,12,13). The predicted octanol–water partition coefficient (Wildman–Crippen LogP) is 0.735. The number of unbranched alkanes of at least 4 members (excludes halogenated alkanes) is 1. The number of carbonyl (C=O) groups is 2. The van der Waals surface area contributed by atoms with Gasteiger partial charge in [0.1, 0.15) is 12.6 Å². The summed E-state index contributed by atoms with van der Waals surface area (Å²) in [5.74, 6) is -1.32. The molecule has 0 rings (SSSR count). The van der Waals surface area contributed by atoms with Crippen LogP contribution in [0.1, 0.15) is 26.7 Å². The lowest BCUT2D eigenvalue weighted by atomic mass is 10.3. The van der Waals surface area contributed by atoms with E-state index in [0.29, 0.717) is 6.61 Å². The van der Waals surface area contributed by atoms with Gasteiger partial charge in [0.2, 0.25) is 0 Å². The second-order valence-electron chi connectivity index (χ2n) is 3.45. The van der Waals surface area contributed by atoms with Gasteiger partial charge in [-0.1, -0.05) is 13.3 Å². The van der Waals surface area contributed by atoms with Crippen molar-refractivity contribution < 1.29 is 19.4 Å². The Bertz CT molecular complexity index is 217. The van der Waals surface area contributed by atoms with Crippen LogP contribution in [-0.2, 0) is 14.3 Å². The Labute approximate surface area is 90.0 Å². The summed E-state index contributed by atoms with van der Waals surface area (Å²) in [7, 11) is 1.45. The Morgan fingerprint density at radius 3 is 2.53 bits per heavy atom. The molecule has 1 amide bonds. The molecule has 0 spiro atoms. The van der Waals surface area contributed by atoms with Gasteiger partial charge in [-0.15, -0.1) is 0 Å². The maximum Gasteiger partial charge on any atom is 0.323 e. The van der Waals surface area contributed by atoms with Crippen molar-refractivity contribution in [2.75, 3.05) is 20.2 Å². The number of carboxylic acids is 1. The SMILES string of the molecule is CCCCOC(C)C(=O)N(C)CC(=O)O. The topological polar surface area (TPSA) is 66.8 Å². The summed E-state index contributed by atoms with van der Waals surface area (Å²) in [5, 5.41) is 8.49. The zero-order valence-electron chi connectivity index (χ0n) is 9.52. The number of rotatable bonds is 7. The van der Waals surface area contributed by atoms with Crippen molar-refractivity contribution in [2.45, 2.75) is 32.8 Å². The first kappa shape index (κ1) is 13.9. The van der Waals surface area contributed by atoms with E-state index in [1.54, 1.807) is 6.92 Å². The van der Waals surface area contributed by atoms with Crippen LogP contribution in [0.2, 0.25) is 0 Å². The van der Waals surface area contributed by atoms with E-state index < -0.39 is 12.1 Å². The Morgan fingerprint density at radius 2 is 2.07 bits per heavy atom. The third-order valence-corrected chi connectivity index (χ3v) is 1.96. The molecule has 5 nitrogen and oxygen atoms in total. The van der Waals surface area contributed by atoms with Crippen LogP contribution >= 0.6 is 0 Å². The van der Waals surface area contributed by atoms with Crippen LogP contribution in [0.15, 0.2) is 0 Å². The fourth-order valence-electron chi connectivity index (χ4n) is 1.07. The molecule has 1 unspecified atom stereocenters. The number of hydrogen-bond donors (Lipinski definition) is 1. The molecule has 15 heavy (non-hydrogen) atoms. The largest absolute Gasteiger partial charge is 0.480 e. The minimum atomic E-state index is -1.02. The van der Waals surface area contributed by atoms with Gasteiger partial charge in [0.15, 0.2) is 0 Å². The van der Waals surface area contributed by atoms with Crippen molar-refractivity contribution in [1.82, 2.24) is 4.90 Å². The fourth-order valence-corrected chi connectivity index (χ4v) is 1.07. The van der Waals surface area contributed by atoms with Crippen LogP contribution in [0, 0.1) is 0 Å². The van der Waals surface area contributed by atoms with Crippen LogP contribution in [0.5, 0.6) is 0 Å². The highest BCUT2D eigenvalue weighted by molar-refractivity contribution is 5.84. The molecule has 0 aliphatic carbocycles. The maximum atomic E-state index is 11.5. The average Bonchev–Trinajstić information content (AvgIpc) is 2.15. The van der Waals surface area contributed by atoms with E-state index in [2.05, 4.69) is 0 Å². The third-order valence-electron chi connectivity index (χ3n) is 1.96. The highest BCUT2D eigenvalue weighted by Crippen LogP contribution is 1.99. The maximum absolute atomic E-state index is 11.5.